The summed E-state index contributed by atoms with van der Waals surface area (Å²) in [5.41, 5.74) is 2.16. The summed E-state index contributed by atoms with van der Waals surface area (Å²) in [5.74, 6) is 2.29. The Morgan fingerprint density at radius 2 is 1.93 bits per heavy atom. The quantitative estimate of drug-likeness (QED) is 0.636. The molecule has 3 rings (SSSR count). The van der Waals surface area contributed by atoms with Gasteiger partial charge in [-0.3, -0.25) is 4.79 Å². The highest BCUT2D eigenvalue weighted by molar-refractivity contribution is 5.77. The van der Waals surface area contributed by atoms with Crippen LogP contribution in [0.1, 0.15) is 43.7 Å². The minimum Gasteiger partial charge on any atom is -0.493 e. The van der Waals surface area contributed by atoms with E-state index in [-0.39, 0.29) is 18.6 Å². The van der Waals surface area contributed by atoms with Crippen LogP contribution in [0.4, 0.5) is 0 Å². The Balaban J connectivity index is 1.45. The summed E-state index contributed by atoms with van der Waals surface area (Å²) < 4.78 is 22.4. The van der Waals surface area contributed by atoms with Gasteiger partial charge in [0.1, 0.15) is 12.4 Å². The SMILES string of the molecule is COc1cc(CNC(=O)COc2ccc(C(C)C)cc2)ccc1OCC1CCCO1. The van der Waals surface area contributed by atoms with E-state index in [2.05, 4.69) is 19.2 Å². The van der Waals surface area contributed by atoms with E-state index in [1.807, 2.05) is 42.5 Å². The first-order valence-corrected chi connectivity index (χ1v) is 10.5. The molecule has 6 heteroatoms. The Bertz CT molecular complexity index is 813. The average molecular weight is 414 g/mol. The van der Waals surface area contributed by atoms with E-state index < -0.39 is 0 Å². The van der Waals surface area contributed by atoms with E-state index in [9.17, 15) is 4.79 Å². The van der Waals surface area contributed by atoms with Crippen LogP contribution in [0.5, 0.6) is 17.2 Å². The lowest BCUT2D eigenvalue weighted by atomic mass is 10.0. The number of carbonyl (C=O) groups excluding carboxylic acids is 1. The maximum atomic E-state index is 12.1. The predicted molar refractivity (Wildman–Crippen MR) is 115 cm³/mol. The Kier molecular flexibility index (Phi) is 7.97. The molecule has 1 aliphatic rings. The third kappa shape index (κ3) is 6.39. The van der Waals surface area contributed by atoms with Gasteiger partial charge in [0, 0.05) is 13.2 Å². The third-order valence-electron chi connectivity index (χ3n) is 5.08. The normalized spacial score (nSPS) is 15.8. The fraction of sp³-hybridized carbons (Fsp3) is 0.458. The van der Waals surface area contributed by atoms with Crippen LogP contribution in [0.3, 0.4) is 0 Å². The molecule has 1 N–H and O–H groups in total. The number of hydrogen-bond donors (Lipinski definition) is 1. The Morgan fingerprint density at radius 3 is 2.60 bits per heavy atom. The summed E-state index contributed by atoms with van der Waals surface area (Å²) in [6.07, 6.45) is 2.25. The lowest BCUT2D eigenvalue weighted by Crippen LogP contribution is -2.28. The molecule has 0 aliphatic carbocycles. The van der Waals surface area contributed by atoms with Crippen molar-refractivity contribution in [3.8, 4) is 17.2 Å². The highest BCUT2D eigenvalue weighted by atomic mass is 16.5. The summed E-state index contributed by atoms with van der Waals surface area (Å²) in [4.78, 5) is 12.1. The second-order valence-corrected chi connectivity index (χ2v) is 7.72. The molecule has 1 aliphatic heterocycles. The molecule has 1 saturated heterocycles. The fourth-order valence-corrected chi connectivity index (χ4v) is 3.25. The van der Waals surface area contributed by atoms with E-state index in [4.69, 9.17) is 18.9 Å². The van der Waals surface area contributed by atoms with E-state index in [1.54, 1.807) is 7.11 Å². The number of rotatable bonds is 10. The Labute approximate surface area is 178 Å². The summed E-state index contributed by atoms with van der Waals surface area (Å²) in [6, 6.07) is 13.5. The minimum absolute atomic E-state index is 0.0270. The summed E-state index contributed by atoms with van der Waals surface area (Å²) in [7, 11) is 1.61. The number of methoxy groups -OCH3 is 1. The summed E-state index contributed by atoms with van der Waals surface area (Å²) in [5, 5.41) is 2.87. The molecule has 1 fully saturated rings. The van der Waals surface area contributed by atoms with Crippen LogP contribution in [0.15, 0.2) is 42.5 Å². The first kappa shape index (κ1) is 22.0. The van der Waals surface area contributed by atoms with Gasteiger partial charge in [-0.25, -0.2) is 0 Å². The maximum Gasteiger partial charge on any atom is 0.258 e. The zero-order valence-corrected chi connectivity index (χ0v) is 18.0. The molecule has 1 atom stereocenters. The van der Waals surface area contributed by atoms with Gasteiger partial charge in [-0.1, -0.05) is 32.0 Å². The van der Waals surface area contributed by atoms with Gasteiger partial charge >= 0.3 is 0 Å². The second kappa shape index (κ2) is 10.9. The Hall–Kier alpha value is -2.73. The van der Waals surface area contributed by atoms with E-state index in [1.165, 1.54) is 5.56 Å². The van der Waals surface area contributed by atoms with Crippen LogP contribution < -0.4 is 19.5 Å². The van der Waals surface area contributed by atoms with Crippen molar-refractivity contribution in [3.63, 3.8) is 0 Å². The van der Waals surface area contributed by atoms with Gasteiger partial charge in [-0.2, -0.15) is 0 Å². The molecule has 0 saturated carbocycles. The van der Waals surface area contributed by atoms with Crippen molar-refractivity contribution in [2.45, 2.75) is 45.3 Å². The molecule has 0 radical (unpaired) electrons. The molecule has 6 nitrogen and oxygen atoms in total. The van der Waals surface area contributed by atoms with Gasteiger partial charge in [0.2, 0.25) is 0 Å². The molecule has 0 bridgehead atoms. The van der Waals surface area contributed by atoms with Gasteiger partial charge in [-0.15, -0.1) is 0 Å². The monoisotopic (exact) mass is 413 g/mol. The molecule has 2 aromatic rings. The topological polar surface area (TPSA) is 66.0 Å². The number of nitrogens with one attached hydrogen (secondary N) is 1. The predicted octanol–water partition coefficient (Wildman–Crippen LogP) is 4.07. The van der Waals surface area contributed by atoms with Crippen LogP contribution in [0, 0.1) is 0 Å². The summed E-state index contributed by atoms with van der Waals surface area (Å²) >= 11 is 0. The van der Waals surface area contributed by atoms with Crippen LogP contribution in [-0.2, 0) is 16.1 Å². The van der Waals surface area contributed by atoms with Crippen molar-refractivity contribution < 1.29 is 23.7 Å². The number of benzene rings is 2. The molecule has 0 aromatic heterocycles. The highest BCUT2D eigenvalue weighted by Crippen LogP contribution is 2.29. The van der Waals surface area contributed by atoms with E-state index in [0.717, 1.165) is 25.0 Å². The first-order valence-electron chi connectivity index (χ1n) is 10.5. The number of hydrogen-bond acceptors (Lipinski definition) is 5. The molecule has 30 heavy (non-hydrogen) atoms. The van der Waals surface area contributed by atoms with Gasteiger partial charge in [-0.05, 0) is 54.2 Å². The van der Waals surface area contributed by atoms with Gasteiger partial charge in [0.05, 0.1) is 13.2 Å². The molecular weight excluding hydrogens is 382 g/mol. The van der Waals surface area contributed by atoms with Crippen molar-refractivity contribution >= 4 is 5.91 Å². The lowest BCUT2D eigenvalue weighted by molar-refractivity contribution is -0.123. The van der Waals surface area contributed by atoms with Crippen molar-refractivity contribution in [1.82, 2.24) is 5.32 Å². The molecule has 0 spiro atoms. The second-order valence-electron chi connectivity index (χ2n) is 7.72. The van der Waals surface area contributed by atoms with Crippen molar-refractivity contribution in [3.05, 3.63) is 53.6 Å². The zero-order chi connectivity index (χ0) is 21.3. The van der Waals surface area contributed by atoms with Crippen molar-refractivity contribution in [2.24, 2.45) is 0 Å². The molecule has 1 heterocycles. The standard InChI is InChI=1S/C24H31NO5/c1-17(2)19-7-9-20(10-8-19)29-16-24(26)25-14-18-6-11-22(23(13-18)27-3)30-15-21-5-4-12-28-21/h6-11,13,17,21H,4-5,12,14-16H2,1-3H3,(H,25,26). The van der Waals surface area contributed by atoms with Gasteiger partial charge < -0.3 is 24.3 Å². The minimum atomic E-state index is -0.180. The van der Waals surface area contributed by atoms with E-state index >= 15 is 0 Å². The smallest absolute Gasteiger partial charge is 0.258 e. The summed E-state index contributed by atoms with van der Waals surface area (Å²) in [6.45, 7) is 5.96. The average Bonchev–Trinajstić information content (AvgIpc) is 3.29. The van der Waals surface area contributed by atoms with Crippen LogP contribution in [0.25, 0.3) is 0 Å². The number of amides is 1. The Morgan fingerprint density at radius 1 is 1.13 bits per heavy atom. The largest absolute Gasteiger partial charge is 0.493 e. The first-order chi connectivity index (χ1) is 14.5. The zero-order valence-electron chi connectivity index (χ0n) is 18.0. The van der Waals surface area contributed by atoms with Crippen LogP contribution in [-0.4, -0.2) is 38.9 Å². The maximum absolute atomic E-state index is 12.1. The number of carbonyl (C=O) groups is 1. The fourth-order valence-electron chi connectivity index (χ4n) is 3.25. The third-order valence-corrected chi connectivity index (χ3v) is 5.08. The van der Waals surface area contributed by atoms with Crippen LogP contribution in [0.2, 0.25) is 0 Å². The number of ether oxygens (including phenoxy) is 4. The van der Waals surface area contributed by atoms with Crippen LogP contribution >= 0.6 is 0 Å². The molecule has 2 aromatic carbocycles. The molecule has 1 amide bonds. The molecule has 162 valence electrons. The van der Waals surface area contributed by atoms with Crippen molar-refractivity contribution in [2.75, 3.05) is 26.9 Å². The van der Waals surface area contributed by atoms with E-state index in [0.29, 0.717) is 36.3 Å². The lowest BCUT2D eigenvalue weighted by Gasteiger charge is -2.15. The van der Waals surface area contributed by atoms with Gasteiger partial charge in [0.15, 0.2) is 18.1 Å². The van der Waals surface area contributed by atoms with Crippen molar-refractivity contribution in [1.29, 1.82) is 0 Å². The highest BCUT2D eigenvalue weighted by Gasteiger charge is 2.17. The molecule has 1 unspecified atom stereocenters. The van der Waals surface area contributed by atoms with Gasteiger partial charge in [0.25, 0.3) is 5.91 Å². The molecular formula is C24H31NO5.